The topological polar surface area (TPSA) is 9.23 Å². The number of hydrogen-bond acceptors (Lipinski definition) is 1. The quantitative estimate of drug-likeness (QED) is 0.388. The highest BCUT2D eigenvalue weighted by atomic mass is 16.5. The van der Waals surface area contributed by atoms with Gasteiger partial charge in [-0.05, 0) is 12.5 Å². The lowest BCUT2D eigenvalue weighted by atomic mass is 9.96. The molecule has 1 heteroatoms. The van der Waals surface area contributed by atoms with Crippen molar-refractivity contribution in [1.29, 1.82) is 0 Å². The molecule has 1 aliphatic rings. The van der Waals surface area contributed by atoms with Crippen LogP contribution in [0, 0.1) is 5.92 Å². The van der Waals surface area contributed by atoms with Crippen molar-refractivity contribution >= 4 is 0 Å². The monoisotopic (exact) mass is 110 g/mol. The molecule has 1 nitrogen and oxygen atoms in total. The van der Waals surface area contributed by atoms with Crippen molar-refractivity contribution in [1.82, 2.24) is 0 Å². The molecule has 0 N–H and O–H groups in total. The lowest BCUT2D eigenvalue weighted by Gasteiger charge is -2.10. The van der Waals surface area contributed by atoms with Gasteiger partial charge in [-0.2, -0.15) is 0 Å². The van der Waals surface area contributed by atoms with E-state index >= 15 is 0 Å². The highest BCUT2D eigenvalue weighted by Crippen LogP contribution is 2.17. The zero-order valence-electron chi connectivity index (χ0n) is 5.00. The molecule has 0 radical (unpaired) electrons. The average molecular weight is 110 g/mol. The third-order valence-corrected chi connectivity index (χ3v) is 1.25. The summed E-state index contributed by atoms with van der Waals surface area (Å²) in [6, 6.07) is 0. The number of allylic oxidation sites excluding steroid dienone is 3. The predicted molar refractivity (Wildman–Crippen MR) is 33.4 cm³/mol. The van der Waals surface area contributed by atoms with E-state index in [1.54, 1.807) is 13.4 Å². The Kier molecular flexibility index (Phi) is 1.73. The van der Waals surface area contributed by atoms with Gasteiger partial charge in [-0.3, -0.25) is 0 Å². The third kappa shape index (κ3) is 1.12. The summed E-state index contributed by atoms with van der Waals surface area (Å²) < 4.78 is 4.73. The Labute approximate surface area is 49.7 Å². The fourth-order valence-corrected chi connectivity index (χ4v) is 0.615. The first-order chi connectivity index (χ1) is 3.93. The van der Waals surface area contributed by atoms with Crippen molar-refractivity contribution in [2.75, 3.05) is 7.11 Å². The SMILES string of the molecule is COC=CC1C=CC1. The predicted octanol–water partition coefficient (Wildman–Crippen LogP) is 1.72. The first kappa shape index (κ1) is 5.42. The van der Waals surface area contributed by atoms with Crippen LogP contribution in [0.4, 0.5) is 0 Å². The Balaban J connectivity index is 2.19. The van der Waals surface area contributed by atoms with Crippen LogP contribution in [0.2, 0.25) is 0 Å². The van der Waals surface area contributed by atoms with E-state index in [2.05, 4.69) is 18.2 Å². The standard InChI is InChI=1S/C7H10O/c1-8-6-5-7-3-2-4-7/h2-3,5-7H,4H2,1H3. The zero-order chi connectivity index (χ0) is 5.82. The Bertz CT molecular complexity index is 114. The molecule has 0 heterocycles. The van der Waals surface area contributed by atoms with E-state index in [1.165, 1.54) is 6.42 Å². The molecular weight excluding hydrogens is 100 g/mol. The van der Waals surface area contributed by atoms with E-state index in [9.17, 15) is 0 Å². The van der Waals surface area contributed by atoms with Crippen LogP contribution in [0.25, 0.3) is 0 Å². The molecule has 0 saturated carbocycles. The van der Waals surface area contributed by atoms with E-state index in [-0.39, 0.29) is 0 Å². The molecule has 1 aliphatic carbocycles. The second kappa shape index (κ2) is 2.55. The van der Waals surface area contributed by atoms with Crippen molar-refractivity contribution < 1.29 is 4.74 Å². The number of hydrogen-bond donors (Lipinski definition) is 0. The van der Waals surface area contributed by atoms with Crippen molar-refractivity contribution in [3.8, 4) is 0 Å². The van der Waals surface area contributed by atoms with Crippen molar-refractivity contribution in [2.45, 2.75) is 6.42 Å². The van der Waals surface area contributed by atoms with Gasteiger partial charge in [-0.25, -0.2) is 0 Å². The maximum absolute atomic E-state index is 4.73. The molecule has 0 aromatic rings. The molecule has 0 amide bonds. The van der Waals surface area contributed by atoms with Gasteiger partial charge >= 0.3 is 0 Å². The van der Waals surface area contributed by atoms with Crippen molar-refractivity contribution in [2.24, 2.45) is 5.92 Å². The number of methoxy groups -OCH3 is 1. The van der Waals surface area contributed by atoms with Crippen LogP contribution in [0.15, 0.2) is 24.5 Å². The zero-order valence-corrected chi connectivity index (χ0v) is 5.00. The molecule has 0 bridgehead atoms. The average Bonchev–Trinajstić information content (AvgIpc) is 1.63. The summed E-state index contributed by atoms with van der Waals surface area (Å²) in [6.07, 6.45) is 9.29. The van der Waals surface area contributed by atoms with Gasteiger partial charge in [0.2, 0.25) is 0 Å². The Hall–Kier alpha value is -0.720. The van der Waals surface area contributed by atoms with Crippen molar-refractivity contribution in [3.63, 3.8) is 0 Å². The Morgan fingerprint density at radius 2 is 2.50 bits per heavy atom. The molecule has 0 aromatic heterocycles. The molecule has 1 unspecified atom stereocenters. The minimum atomic E-state index is 0.648. The van der Waals surface area contributed by atoms with Gasteiger partial charge in [-0.1, -0.05) is 12.2 Å². The second-order valence-electron chi connectivity index (χ2n) is 1.89. The maximum atomic E-state index is 4.73. The van der Waals surface area contributed by atoms with Crippen LogP contribution < -0.4 is 0 Å². The Morgan fingerprint density at radius 3 is 2.88 bits per heavy atom. The maximum Gasteiger partial charge on any atom is 0.0790 e. The smallest absolute Gasteiger partial charge is 0.0790 e. The number of rotatable bonds is 2. The molecule has 8 heavy (non-hydrogen) atoms. The normalized spacial score (nSPS) is 25.9. The molecule has 44 valence electrons. The Morgan fingerprint density at radius 1 is 1.75 bits per heavy atom. The summed E-state index contributed by atoms with van der Waals surface area (Å²) in [6.45, 7) is 0. The van der Waals surface area contributed by atoms with E-state index < -0.39 is 0 Å². The minimum Gasteiger partial charge on any atom is -0.505 e. The van der Waals surface area contributed by atoms with E-state index in [0.29, 0.717) is 5.92 Å². The van der Waals surface area contributed by atoms with E-state index in [0.717, 1.165) is 0 Å². The van der Waals surface area contributed by atoms with Gasteiger partial charge in [0.25, 0.3) is 0 Å². The van der Waals surface area contributed by atoms with Gasteiger partial charge in [0, 0.05) is 5.92 Å². The largest absolute Gasteiger partial charge is 0.505 e. The molecule has 0 spiro atoms. The molecule has 1 atom stereocenters. The summed E-state index contributed by atoms with van der Waals surface area (Å²) >= 11 is 0. The van der Waals surface area contributed by atoms with E-state index in [4.69, 9.17) is 4.74 Å². The van der Waals surface area contributed by atoms with Gasteiger partial charge in [0.15, 0.2) is 0 Å². The lowest BCUT2D eigenvalue weighted by Crippen LogP contribution is -1.97. The first-order valence-electron chi connectivity index (χ1n) is 2.79. The fraction of sp³-hybridized carbons (Fsp3) is 0.429. The van der Waals surface area contributed by atoms with Crippen LogP contribution in [-0.2, 0) is 4.74 Å². The lowest BCUT2D eigenvalue weighted by molar-refractivity contribution is 0.334. The summed E-state index contributed by atoms with van der Waals surface area (Å²) in [5, 5.41) is 0. The highest BCUT2D eigenvalue weighted by Gasteiger charge is 2.03. The summed E-state index contributed by atoms with van der Waals surface area (Å²) in [5.41, 5.74) is 0. The summed E-state index contributed by atoms with van der Waals surface area (Å²) in [4.78, 5) is 0. The fourth-order valence-electron chi connectivity index (χ4n) is 0.615. The summed E-state index contributed by atoms with van der Waals surface area (Å²) in [5.74, 6) is 0.648. The first-order valence-corrected chi connectivity index (χ1v) is 2.79. The molecule has 0 aromatic carbocycles. The van der Waals surface area contributed by atoms with Gasteiger partial charge in [0.1, 0.15) is 0 Å². The highest BCUT2D eigenvalue weighted by molar-refractivity contribution is 5.09. The third-order valence-electron chi connectivity index (χ3n) is 1.25. The van der Waals surface area contributed by atoms with Crippen LogP contribution in [0.3, 0.4) is 0 Å². The van der Waals surface area contributed by atoms with Gasteiger partial charge in [0.05, 0.1) is 13.4 Å². The molecule has 0 aliphatic heterocycles. The summed E-state index contributed by atoms with van der Waals surface area (Å²) in [7, 11) is 1.67. The van der Waals surface area contributed by atoms with Crippen LogP contribution >= 0.6 is 0 Å². The number of ether oxygens (including phenoxy) is 1. The van der Waals surface area contributed by atoms with E-state index in [1.807, 2.05) is 0 Å². The van der Waals surface area contributed by atoms with Crippen LogP contribution in [0.5, 0.6) is 0 Å². The van der Waals surface area contributed by atoms with Crippen molar-refractivity contribution in [3.05, 3.63) is 24.5 Å². The molecule has 1 rings (SSSR count). The van der Waals surface area contributed by atoms with Gasteiger partial charge in [-0.15, -0.1) is 0 Å². The molecule has 0 saturated heterocycles. The molecule has 0 fully saturated rings. The van der Waals surface area contributed by atoms with Crippen LogP contribution in [0.1, 0.15) is 6.42 Å². The minimum absolute atomic E-state index is 0.648. The van der Waals surface area contributed by atoms with Crippen LogP contribution in [-0.4, -0.2) is 7.11 Å². The molecular formula is C7H10O. The van der Waals surface area contributed by atoms with Gasteiger partial charge < -0.3 is 4.74 Å². The second-order valence-corrected chi connectivity index (χ2v) is 1.89.